The van der Waals surface area contributed by atoms with Gasteiger partial charge in [0.1, 0.15) is 0 Å². The van der Waals surface area contributed by atoms with Crippen LogP contribution < -0.4 is 0 Å². The Balaban J connectivity index is -0.000000149. The van der Waals surface area contributed by atoms with Gasteiger partial charge in [0.05, 0.1) is 26.4 Å². The van der Waals surface area contributed by atoms with Crippen LogP contribution in [0.3, 0.4) is 0 Å². The molecule has 0 rings (SSSR count). The molecule has 0 aromatic rings. The number of carbonyl (C=O) groups is 4. The fourth-order valence-electron chi connectivity index (χ4n) is 10.3. The summed E-state index contributed by atoms with van der Waals surface area (Å²) in [6, 6.07) is 0. The van der Waals surface area contributed by atoms with Gasteiger partial charge in [-0.3, -0.25) is 19.2 Å². The van der Waals surface area contributed by atoms with E-state index in [0.717, 1.165) is 51.4 Å². The molecule has 0 amide bonds. The fraction of sp³-hybridized carbons (Fsp3) is 0.854. The molecule has 15 heteroatoms. The smallest absolute Gasteiger partial charge is 0.789 e. The minimum absolute atomic E-state index is 0. The van der Waals surface area contributed by atoms with Crippen LogP contribution in [0.2, 0.25) is 0 Å². The molecule has 0 aliphatic rings. The van der Waals surface area contributed by atoms with Crippen LogP contribution in [0.4, 0.5) is 0 Å². The Labute approximate surface area is 668 Å². The van der Waals surface area contributed by atoms with Crippen molar-refractivity contribution in [3.8, 4) is 0 Å². The summed E-state index contributed by atoms with van der Waals surface area (Å²) >= 11 is 18.9. The summed E-state index contributed by atoms with van der Waals surface area (Å²) in [6.07, 6.45) is 87.3. The van der Waals surface area contributed by atoms with E-state index in [2.05, 4.69) is 76.3 Å². The SMILES string of the molecule is C.C.CCCCCCCC/C=C/CCCCCCCC(=O)OCC[S-].CCCCCCCC/C=C/CCCCCCCC(=O)OCC[S-].CCCCCCCC/C=C/CCCCCCCC(=O)OCC[S-].CCCCCCCC/C=C/CCCCCCCC(=O)OCC[S-].S.[Sn+2].[Sn+2]. The van der Waals surface area contributed by atoms with E-state index in [4.69, 9.17) is 69.5 Å². The molecular formula is C82H158O8S5Sn2. The van der Waals surface area contributed by atoms with E-state index in [-0.39, 0.29) is 100 Å². The summed E-state index contributed by atoms with van der Waals surface area (Å²) in [6.45, 7) is 10.6. The van der Waals surface area contributed by atoms with Crippen molar-refractivity contribution in [2.45, 2.75) is 402 Å². The summed E-state index contributed by atoms with van der Waals surface area (Å²) in [5.74, 6) is 1.63. The number of hydrogen-bond donors (Lipinski definition) is 0. The van der Waals surface area contributed by atoms with Crippen molar-refractivity contribution in [2.75, 3.05) is 49.4 Å². The van der Waals surface area contributed by atoms with E-state index in [1.54, 1.807) is 0 Å². The van der Waals surface area contributed by atoms with Gasteiger partial charge in [0.2, 0.25) is 0 Å². The van der Waals surface area contributed by atoms with E-state index < -0.39 is 0 Å². The summed E-state index contributed by atoms with van der Waals surface area (Å²) in [4.78, 5) is 45.0. The quantitative estimate of drug-likeness (QED) is 0.0145. The molecule has 97 heavy (non-hydrogen) atoms. The number of rotatable bonds is 68. The number of hydrogen-bond acceptors (Lipinski definition) is 12. The molecule has 0 unspecified atom stereocenters. The van der Waals surface area contributed by atoms with Crippen LogP contribution in [0.15, 0.2) is 48.6 Å². The second-order valence-electron chi connectivity index (χ2n) is 25.0. The maximum Gasteiger partial charge on any atom is 2.00 e. The number of allylic oxidation sites excluding steroid dienone is 8. The first-order chi connectivity index (χ1) is 45.2. The van der Waals surface area contributed by atoms with Crippen LogP contribution in [0.5, 0.6) is 0 Å². The second kappa shape index (κ2) is 112. The Kier molecular flexibility index (Phi) is 134. The molecule has 0 fully saturated rings. The van der Waals surface area contributed by atoms with Crippen molar-refractivity contribution >= 4 is 136 Å². The van der Waals surface area contributed by atoms with Gasteiger partial charge >= 0.3 is 71.7 Å². The maximum atomic E-state index is 11.3. The van der Waals surface area contributed by atoms with E-state index in [9.17, 15) is 19.2 Å². The average molecular weight is 1670 g/mol. The predicted molar refractivity (Wildman–Crippen MR) is 446 cm³/mol. The third kappa shape index (κ3) is 120. The Morgan fingerprint density at radius 1 is 0.227 bits per heavy atom. The first-order valence-corrected chi connectivity index (χ1v) is 41.1. The molecule has 0 aliphatic carbocycles. The Morgan fingerprint density at radius 2 is 0.351 bits per heavy atom. The average Bonchev–Trinajstić information content (AvgIpc) is 3.68. The monoisotopic (exact) mass is 1670 g/mol. The van der Waals surface area contributed by atoms with Gasteiger partial charge in [-0.2, -0.15) is 13.5 Å². The largest absolute Gasteiger partial charge is 2.00 e. The van der Waals surface area contributed by atoms with Crippen LogP contribution in [-0.2, 0) is 88.6 Å². The van der Waals surface area contributed by atoms with Crippen molar-refractivity contribution in [2.24, 2.45) is 0 Å². The summed E-state index contributed by atoms with van der Waals surface area (Å²) in [7, 11) is 0. The molecule has 8 nitrogen and oxygen atoms in total. The number of ether oxygens (including phenoxy) is 4. The molecule has 0 aromatic carbocycles. The molecule has 0 heterocycles. The van der Waals surface area contributed by atoms with Gasteiger partial charge in [-0.05, 0) is 128 Å². The molecule has 0 aliphatic heterocycles. The number of esters is 4. The van der Waals surface area contributed by atoms with Gasteiger partial charge in [0, 0.05) is 25.7 Å². The maximum absolute atomic E-state index is 11.3. The number of unbranched alkanes of at least 4 members (excludes halogenated alkanes) is 44. The van der Waals surface area contributed by atoms with E-state index >= 15 is 0 Å². The third-order valence-electron chi connectivity index (χ3n) is 16.0. The molecule has 0 atom stereocenters. The minimum Gasteiger partial charge on any atom is -0.789 e. The zero-order valence-electron chi connectivity index (χ0n) is 62.3. The molecule has 572 valence electrons. The Bertz CT molecular complexity index is 1350. The Hall–Kier alpha value is 0.187. The topological polar surface area (TPSA) is 105 Å². The van der Waals surface area contributed by atoms with E-state index in [1.807, 2.05) is 0 Å². The van der Waals surface area contributed by atoms with Crippen LogP contribution >= 0.6 is 13.5 Å². The molecule has 0 bridgehead atoms. The third-order valence-corrected chi connectivity index (χ3v) is 16.6. The van der Waals surface area contributed by atoms with Crippen molar-refractivity contribution in [3.63, 3.8) is 0 Å². The molecule has 0 aromatic heterocycles. The predicted octanol–water partition coefficient (Wildman–Crippen LogP) is 25.1. The zero-order chi connectivity index (χ0) is 68.0. The normalized spacial score (nSPS) is 10.6. The van der Waals surface area contributed by atoms with Crippen LogP contribution in [-0.4, -0.2) is 121 Å². The summed E-state index contributed by atoms with van der Waals surface area (Å²) < 4.78 is 19.8. The van der Waals surface area contributed by atoms with Crippen molar-refractivity contribution in [3.05, 3.63) is 48.6 Å². The molecule has 0 saturated carbocycles. The van der Waals surface area contributed by atoms with Gasteiger partial charge in [-0.25, -0.2) is 0 Å². The van der Waals surface area contributed by atoms with Gasteiger partial charge in [-0.15, -0.1) is 23.0 Å². The van der Waals surface area contributed by atoms with Crippen molar-refractivity contribution < 1.29 is 38.1 Å². The van der Waals surface area contributed by atoms with Crippen molar-refractivity contribution in [1.82, 2.24) is 0 Å². The fourth-order valence-corrected chi connectivity index (χ4v) is 10.6. The molecule has 0 spiro atoms. The first-order valence-electron chi connectivity index (χ1n) is 38.8. The standard InChI is InChI=1S/4C20H38O2S.2CH4.H2S.2Sn/c4*1-2-3-4-5-6-7-8-9-10-11-12-13-14-15-16-17-20(21)22-18-19-23;;;;;/h4*9-10,23H,2-8,11-19H2,1H3;2*1H4;1H2;;/q;;;;;;;2*+2/p-4/b4*10-9+;;;;;. The zero-order valence-corrected chi connectivity index (χ0v) is 72.2. The molecule has 0 saturated heterocycles. The van der Waals surface area contributed by atoms with Crippen LogP contribution in [0, 0.1) is 0 Å². The minimum atomic E-state index is -0.0903. The van der Waals surface area contributed by atoms with Crippen LogP contribution in [0.1, 0.15) is 402 Å². The van der Waals surface area contributed by atoms with Crippen LogP contribution in [0.25, 0.3) is 0 Å². The molecular weight excluding hydrogens is 1510 g/mol. The summed E-state index contributed by atoms with van der Waals surface area (Å²) in [5, 5.41) is 0. The molecule has 4 radical (unpaired) electrons. The first kappa shape index (κ1) is 116. The van der Waals surface area contributed by atoms with E-state index in [1.165, 1.54) is 283 Å². The Morgan fingerprint density at radius 3 is 0.485 bits per heavy atom. The summed E-state index contributed by atoms with van der Waals surface area (Å²) in [5.41, 5.74) is 0. The molecule has 0 N–H and O–H groups in total. The van der Waals surface area contributed by atoms with Gasteiger partial charge < -0.3 is 69.5 Å². The van der Waals surface area contributed by atoms with Gasteiger partial charge in [0.15, 0.2) is 0 Å². The van der Waals surface area contributed by atoms with Crippen molar-refractivity contribution in [1.29, 1.82) is 0 Å². The second-order valence-corrected chi connectivity index (χ2v) is 26.7. The van der Waals surface area contributed by atoms with E-state index in [0.29, 0.717) is 75.1 Å². The van der Waals surface area contributed by atoms with Gasteiger partial charge in [0.25, 0.3) is 0 Å². The number of carbonyl (C=O) groups excluding carboxylic acids is 4. The van der Waals surface area contributed by atoms with Gasteiger partial charge in [-0.1, -0.05) is 297 Å².